The minimum atomic E-state index is -1.10. The normalized spacial score (nSPS) is 14.9. The van der Waals surface area contributed by atoms with Crippen molar-refractivity contribution in [2.24, 2.45) is 5.92 Å². The van der Waals surface area contributed by atoms with Crippen LogP contribution >= 0.6 is 11.3 Å². The van der Waals surface area contributed by atoms with Gasteiger partial charge in [0.2, 0.25) is 0 Å². The third-order valence-electron chi connectivity index (χ3n) is 6.80. The second-order valence-electron chi connectivity index (χ2n) is 9.20. The first kappa shape index (κ1) is 25.9. The fourth-order valence-electron chi connectivity index (χ4n) is 5.23. The first-order valence-corrected chi connectivity index (χ1v) is 13.8. The molecular formula is C32H31NO4S. The Hall–Kier alpha value is -3.74. The highest BCUT2D eigenvalue weighted by molar-refractivity contribution is 7.19. The van der Waals surface area contributed by atoms with Crippen LogP contribution in [0.1, 0.15) is 36.6 Å². The number of thiophene rings is 1. The molecule has 1 unspecified atom stereocenters. The van der Waals surface area contributed by atoms with Crippen molar-refractivity contribution in [1.29, 1.82) is 0 Å². The monoisotopic (exact) mass is 525 g/mol. The number of carbonyl (C=O) groups is 2. The molecule has 38 heavy (non-hydrogen) atoms. The highest BCUT2D eigenvalue weighted by Crippen LogP contribution is 2.53. The summed E-state index contributed by atoms with van der Waals surface area (Å²) >= 11 is 1.72. The fourth-order valence-corrected chi connectivity index (χ4v) is 6.59. The van der Waals surface area contributed by atoms with E-state index in [1.54, 1.807) is 25.2 Å². The fraction of sp³-hybridized carbons (Fsp3) is 0.250. The number of rotatable bonds is 9. The van der Waals surface area contributed by atoms with Gasteiger partial charge in [-0.1, -0.05) is 91.0 Å². The predicted octanol–water partition coefficient (Wildman–Crippen LogP) is 6.88. The van der Waals surface area contributed by atoms with Crippen LogP contribution in [-0.4, -0.2) is 30.1 Å². The molecule has 0 spiro atoms. The van der Waals surface area contributed by atoms with Gasteiger partial charge in [-0.2, -0.15) is 0 Å². The molecule has 0 radical (unpaired) electrons. The summed E-state index contributed by atoms with van der Waals surface area (Å²) in [7, 11) is 0. The standard InChI is InChI=1S/C32H31NO4S/c1-3-36-31(34)27(32(35)37-4-2)28-26-25(21-33(28)20-22-14-8-5-9-15-22)29(23-16-10-6-11-17-23)38-30(26)24-18-12-7-13-19-24/h5-19,27-28H,3-4,20-21H2,1-2H3. The molecule has 0 aliphatic carbocycles. The van der Waals surface area contributed by atoms with Crippen molar-refractivity contribution >= 4 is 23.3 Å². The Bertz CT molecular complexity index is 1370. The molecule has 1 aromatic heterocycles. The van der Waals surface area contributed by atoms with Gasteiger partial charge in [0.15, 0.2) is 5.92 Å². The lowest BCUT2D eigenvalue weighted by molar-refractivity contribution is -0.165. The van der Waals surface area contributed by atoms with Crippen LogP contribution in [0.2, 0.25) is 0 Å². The van der Waals surface area contributed by atoms with Crippen molar-refractivity contribution in [3.05, 3.63) is 108 Å². The molecule has 1 atom stereocenters. The van der Waals surface area contributed by atoms with Crippen LogP contribution in [0.25, 0.3) is 20.9 Å². The maximum atomic E-state index is 13.4. The summed E-state index contributed by atoms with van der Waals surface area (Å²) in [6.45, 7) is 5.10. The number of nitrogens with zero attached hydrogens (tertiary/aromatic N) is 1. The van der Waals surface area contributed by atoms with Gasteiger partial charge in [0.05, 0.1) is 19.3 Å². The quantitative estimate of drug-likeness (QED) is 0.176. The highest BCUT2D eigenvalue weighted by atomic mass is 32.1. The largest absolute Gasteiger partial charge is 0.465 e. The summed E-state index contributed by atoms with van der Waals surface area (Å²) in [5, 5.41) is 0. The van der Waals surface area contributed by atoms with E-state index in [1.807, 2.05) is 54.6 Å². The lowest BCUT2D eigenvalue weighted by Gasteiger charge is -2.30. The zero-order valence-electron chi connectivity index (χ0n) is 21.6. The molecule has 6 heteroatoms. The van der Waals surface area contributed by atoms with Crippen LogP contribution < -0.4 is 0 Å². The zero-order chi connectivity index (χ0) is 26.5. The molecule has 5 nitrogen and oxygen atoms in total. The summed E-state index contributed by atoms with van der Waals surface area (Å²) < 4.78 is 10.9. The van der Waals surface area contributed by atoms with Crippen molar-refractivity contribution in [3.8, 4) is 20.9 Å². The third kappa shape index (κ3) is 5.15. The van der Waals surface area contributed by atoms with Gasteiger partial charge in [0.25, 0.3) is 0 Å². The summed E-state index contributed by atoms with van der Waals surface area (Å²) in [6, 6.07) is 30.1. The van der Waals surface area contributed by atoms with E-state index in [0.717, 1.165) is 37.6 Å². The number of fused-ring (bicyclic) bond motifs is 1. The number of hydrogen-bond donors (Lipinski definition) is 0. The minimum absolute atomic E-state index is 0.192. The summed E-state index contributed by atoms with van der Waals surface area (Å²) in [4.78, 5) is 31.3. The van der Waals surface area contributed by atoms with Crippen molar-refractivity contribution in [1.82, 2.24) is 4.90 Å². The van der Waals surface area contributed by atoms with E-state index in [4.69, 9.17) is 9.47 Å². The number of carbonyl (C=O) groups excluding carboxylic acids is 2. The first-order chi connectivity index (χ1) is 18.6. The average molecular weight is 526 g/mol. The van der Waals surface area contributed by atoms with E-state index in [1.165, 1.54) is 0 Å². The van der Waals surface area contributed by atoms with Crippen LogP contribution in [0.3, 0.4) is 0 Å². The summed E-state index contributed by atoms with van der Waals surface area (Å²) in [5.41, 5.74) is 5.47. The molecule has 2 heterocycles. The molecule has 0 saturated heterocycles. The molecule has 4 aromatic rings. The third-order valence-corrected chi connectivity index (χ3v) is 8.14. The van der Waals surface area contributed by atoms with Crippen molar-refractivity contribution in [2.75, 3.05) is 13.2 Å². The number of hydrogen-bond acceptors (Lipinski definition) is 6. The van der Waals surface area contributed by atoms with Crippen LogP contribution in [0.5, 0.6) is 0 Å². The smallest absolute Gasteiger partial charge is 0.322 e. The van der Waals surface area contributed by atoms with Crippen LogP contribution in [0.4, 0.5) is 0 Å². The SMILES string of the molecule is CCOC(=O)C(C(=O)OCC)C1c2c(-c3ccccc3)sc(-c3ccccc3)c2CN1Cc1ccccc1. The molecule has 0 fully saturated rings. The van der Waals surface area contributed by atoms with Gasteiger partial charge in [0.1, 0.15) is 0 Å². The molecule has 0 amide bonds. The Kier molecular flexibility index (Phi) is 8.01. The minimum Gasteiger partial charge on any atom is -0.465 e. The lowest BCUT2D eigenvalue weighted by atomic mass is 9.90. The molecule has 0 saturated carbocycles. The Balaban J connectivity index is 1.72. The molecule has 5 rings (SSSR count). The average Bonchev–Trinajstić information content (AvgIpc) is 3.48. The number of ether oxygens (including phenoxy) is 2. The van der Waals surface area contributed by atoms with Crippen LogP contribution in [0, 0.1) is 5.92 Å². The van der Waals surface area contributed by atoms with E-state index >= 15 is 0 Å². The zero-order valence-corrected chi connectivity index (χ0v) is 22.4. The van der Waals surface area contributed by atoms with Gasteiger partial charge >= 0.3 is 11.9 Å². The van der Waals surface area contributed by atoms with Gasteiger partial charge in [-0.3, -0.25) is 14.5 Å². The predicted molar refractivity (Wildman–Crippen MR) is 150 cm³/mol. The molecule has 1 aliphatic heterocycles. The Labute approximate surface area is 227 Å². The van der Waals surface area contributed by atoms with E-state index in [0.29, 0.717) is 13.1 Å². The number of benzene rings is 3. The molecular weight excluding hydrogens is 494 g/mol. The Morgan fingerprint density at radius 2 is 1.29 bits per heavy atom. The second-order valence-corrected chi connectivity index (χ2v) is 10.2. The van der Waals surface area contributed by atoms with Gasteiger partial charge in [-0.05, 0) is 41.7 Å². The van der Waals surface area contributed by atoms with Crippen LogP contribution in [0.15, 0.2) is 91.0 Å². The summed E-state index contributed by atoms with van der Waals surface area (Å²) in [5.74, 6) is -2.19. The van der Waals surface area contributed by atoms with E-state index < -0.39 is 23.9 Å². The van der Waals surface area contributed by atoms with E-state index in [-0.39, 0.29) is 13.2 Å². The molecule has 194 valence electrons. The van der Waals surface area contributed by atoms with Gasteiger partial charge in [-0.25, -0.2) is 0 Å². The first-order valence-electron chi connectivity index (χ1n) is 13.0. The van der Waals surface area contributed by atoms with Crippen molar-refractivity contribution in [2.45, 2.75) is 33.0 Å². The van der Waals surface area contributed by atoms with Gasteiger partial charge < -0.3 is 9.47 Å². The van der Waals surface area contributed by atoms with Crippen LogP contribution in [-0.2, 0) is 32.2 Å². The maximum Gasteiger partial charge on any atom is 0.322 e. The van der Waals surface area contributed by atoms with Gasteiger partial charge in [0, 0.05) is 22.8 Å². The summed E-state index contributed by atoms with van der Waals surface area (Å²) in [6.07, 6.45) is 0. The van der Waals surface area contributed by atoms with Crippen molar-refractivity contribution < 1.29 is 19.1 Å². The van der Waals surface area contributed by atoms with E-state index in [2.05, 4.69) is 41.3 Å². The maximum absolute atomic E-state index is 13.4. The highest BCUT2D eigenvalue weighted by Gasteiger charge is 2.48. The topological polar surface area (TPSA) is 55.8 Å². The van der Waals surface area contributed by atoms with Crippen molar-refractivity contribution in [3.63, 3.8) is 0 Å². The Morgan fingerprint density at radius 3 is 1.82 bits per heavy atom. The van der Waals surface area contributed by atoms with Gasteiger partial charge in [-0.15, -0.1) is 11.3 Å². The van der Waals surface area contributed by atoms with E-state index in [9.17, 15) is 9.59 Å². The molecule has 0 bridgehead atoms. The lowest BCUT2D eigenvalue weighted by Crippen LogP contribution is -2.39. The molecule has 0 N–H and O–H groups in total. The molecule has 1 aliphatic rings. The second kappa shape index (κ2) is 11.8. The Morgan fingerprint density at radius 1 is 0.789 bits per heavy atom. The molecule has 3 aromatic carbocycles. The number of esters is 2.